The van der Waals surface area contributed by atoms with Gasteiger partial charge in [0, 0.05) is 13.0 Å². The number of carbonyl (C=O) groups excluding carboxylic acids is 1. The van der Waals surface area contributed by atoms with Crippen LogP contribution in [0.5, 0.6) is 0 Å². The first-order chi connectivity index (χ1) is 9.74. The molecule has 0 radical (unpaired) electrons. The van der Waals surface area contributed by atoms with Crippen molar-refractivity contribution in [3.8, 4) is 0 Å². The average Bonchev–Trinajstić information content (AvgIpc) is 2.41. The summed E-state index contributed by atoms with van der Waals surface area (Å²) in [6.07, 6.45) is -0.165. The van der Waals surface area contributed by atoms with Crippen molar-refractivity contribution in [2.24, 2.45) is 11.3 Å². The molecule has 1 aromatic rings. The van der Waals surface area contributed by atoms with Crippen LogP contribution in [0.1, 0.15) is 34.1 Å². The molecule has 5 heteroatoms. The van der Waals surface area contributed by atoms with Crippen LogP contribution >= 0.6 is 0 Å². The third-order valence-electron chi connectivity index (χ3n) is 4.04. The van der Waals surface area contributed by atoms with Gasteiger partial charge in [0.05, 0.1) is 11.1 Å². The summed E-state index contributed by atoms with van der Waals surface area (Å²) >= 11 is 0. The van der Waals surface area contributed by atoms with Gasteiger partial charge in [-0.15, -0.1) is 0 Å². The molecule has 1 atom stereocenters. The van der Waals surface area contributed by atoms with Gasteiger partial charge in [0.15, 0.2) is 0 Å². The molecule has 4 nitrogen and oxygen atoms in total. The number of hydrogen-bond acceptors (Lipinski definition) is 2. The predicted octanol–water partition coefficient (Wildman–Crippen LogP) is 3.32. The molecule has 0 aliphatic heterocycles. The second kappa shape index (κ2) is 6.70. The molecule has 0 aliphatic rings. The second-order valence-corrected chi connectivity index (χ2v) is 5.64. The monoisotopic (exact) mass is 295 g/mol. The summed E-state index contributed by atoms with van der Waals surface area (Å²) in [5, 5.41) is 9.39. The number of anilines is 1. The molecule has 1 rings (SSSR count). The summed E-state index contributed by atoms with van der Waals surface area (Å²) in [4.78, 5) is 25.2. The Morgan fingerprint density at radius 1 is 1.33 bits per heavy atom. The van der Waals surface area contributed by atoms with E-state index in [0.717, 1.165) is 0 Å². The maximum Gasteiger partial charge on any atom is 0.310 e. The first-order valence-corrected chi connectivity index (χ1v) is 7.02. The van der Waals surface area contributed by atoms with Crippen LogP contribution in [0.2, 0.25) is 0 Å². The van der Waals surface area contributed by atoms with E-state index in [9.17, 15) is 19.1 Å². The zero-order valence-electron chi connectivity index (χ0n) is 12.9. The largest absolute Gasteiger partial charge is 0.481 e. The Balaban J connectivity index is 3.06. The fourth-order valence-corrected chi connectivity index (χ4v) is 2.09. The van der Waals surface area contributed by atoms with E-state index in [1.807, 2.05) is 0 Å². The van der Waals surface area contributed by atoms with E-state index >= 15 is 0 Å². The number of amides is 1. The number of halogens is 1. The van der Waals surface area contributed by atoms with Crippen LogP contribution in [-0.4, -0.2) is 23.5 Å². The standard InChI is InChI=1S/C16H22FNO3/c1-5-18(13-9-7-6-8-12(13)17)14(19)10-16(4,11(2)3)15(20)21/h6-9,11H,5,10H2,1-4H3,(H,20,21). The van der Waals surface area contributed by atoms with Crippen molar-refractivity contribution in [1.82, 2.24) is 0 Å². The van der Waals surface area contributed by atoms with Gasteiger partial charge in [-0.05, 0) is 31.9 Å². The van der Waals surface area contributed by atoms with Gasteiger partial charge in [0.1, 0.15) is 5.82 Å². The lowest BCUT2D eigenvalue weighted by molar-refractivity contribution is -0.153. The van der Waals surface area contributed by atoms with Crippen LogP contribution in [0.15, 0.2) is 24.3 Å². The van der Waals surface area contributed by atoms with Crippen LogP contribution < -0.4 is 4.90 Å². The Morgan fingerprint density at radius 3 is 2.33 bits per heavy atom. The molecular formula is C16H22FNO3. The number of aliphatic carboxylic acids is 1. The summed E-state index contributed by atoms with van der Waals surface area (Å²) in [7, 11) is 0. The van der Waals surface area contributed by atoms with Crippen molar-refractivity contribution in [2.75, 3.05) is 11.4 Å². The number of benzene rings is 1. The van der Waals surface area contributed by atoms with Crippen molar-refractivity contribution in [3.05, 3.63) is 30.1 Å². The lowest BCUT2D eigenvalue weighted by atomic mass is 9.76. The number of carboxylic acids is 1. The first kappa shape index (κ1) is 17.1. The maximum atomic E-state index is 13.8. The molecule has 1 amide bonds. The SMILES string of the molecule is CCN(C(=O)CC(C)(C(=O)O)C(C)C)c1ccccc1F. The average molecular weight is 295 g/mol. The van der Waals surface area contributed by atoms with Gasteiger partial charge >= 0.3 is 5.97 Å². The third-order valence-corrected chi connectivity index (χ3v) is 4.04. The Hall–Kier alpha value is -1.91. The van der Waals surface area contributed by atoms with Crippen LogP contribution in [0.25, 0.3) is 0 Å². The van der Waals surface area contributed by atoms with Gasteiger partial charge in [-0.25, -0.2) is 4.39 Å². The number of hydrogen-bond donors (Lipinski definition) is 1. The molecule has 1 N–H and O–H groups in total. The summed E-state index contributed by atoms with van der Waals surface area (Å²) in [5.74, 6) is -2.11. The normalized spacial score (nSPS) is 13.8. The quantitative estimate of drug-likeness (QED) is 0.876. The van der Waals surface area contributed by atoms with Gasteiger partial charge in [0.25, 0.3) is 0 Å². The molecule has 0 aromatic heterocycles. The molecule has 0 saturated heterocycles. The molecule has 0 bridgehead atoms. The predicted molar refractivity (Wildman–Crippen MR) is 79.6 cm³/mol. The summed E-state index contributed by atoms with van der Waals surface area (Å²) in [6, 6.07) is 5.99. The minimum atomic E-state index is -1.17. The van der Waals surface area contributed by atoms with E-state index in [-0.39, 0.29) is 30.5 Å². The van der Waals surface area contributed by atoms with Crippen molar-refractivity contribution >= 4 is 17.6 Å². The van der Waals surface area contributed by atoms with E-state index in [4.69, 9.17) is 0 Å². The molecule has 0 aliphatic carbocycles. The highest BCUT2D eigenvalue weighted by molar-refractivity contribution is 5.96. The summed E-state index contributed by atoms with van der Waals surface area (Å²) < 4.78 is 13.8. The minimum Gasteiger partial charge on any atom is -0.481 e. The first-order valence-electron chi connectivity index (χ1n) is 7.02. The second-order valence-electron chi connectivity index (χ2n) is 5.64. The van der Waals surface area contributed by atoms with Crippen LogP contribution in [0.4, 0.5) is 10.1 Å². The van der Waals surface area contributed by atoms with E-state index in [1.165, 1.54) is 17.0 Å². The highest BCUT2D eigenvalue weighted by Gasteiger charge is 2.40. The topological polar surface area (TPSA) is 57.6 Å². The third kappa shape index (κ3) is 3.60. The Morgan fingerprint density at radius 2 is 1.90 bits per heavy atom. The molecule has 0 saturated carbocycles. The zero-order valence-corrected chi connectivity index (χ0v) is 12.9. The van der Waals surface area contributed by atoms with Gasteiger partial charge in [0.2, 0.25) is 5.91 Å². The molecule has 1 unspecified atom stereocenters. The number of carboxylic acid groups (broad SMARTS) is 1. The summed E-state index contributed by atoms with van der Waals surface area (Å²) in [6.45, 7) is 7.10. The molecule has 0 fully saturated rings. The van der Waals surface area contributed by atoms with E-state index < -0.39 is 17.2 Å². The van der Waals surface area contributed by atoms with E-state index in [2.05, 4.69) is 0 Å². The molecule has 116 valence electrons. The zero-order chi connectivity index (χ0) is 16.2. The fourth-order valence-electron chi connectivity index (χ4n) is 2.09. The van der Waals surface area contributed by atoms with Crippen molar-refractivity contribution in [1.29, 1.82) is 0 Å². The highest BCUT2D eigenvalue weighted by Crippen LogP contribution is 2.33. The highest BCUT2D eigenvalue weighted by atomic mass is 19.1. The lowest BCUT2D eigenvalue weighted by Gasteiger charge is -2.31. The van der Waals surface area contributed by atoms with E-state index in [0.29, 0.717) is 0 Å². The van der Waals surface area contributed by atoms with Crippen molar-refractivity contribution in [3.63, 3.8) is 0 Å². The van der Waals surface area contributed by atoms with Crippen LogP contribution in [-0.2, 0) is 9.59 Å². The maximum absolute atomic E-state index is 13.8. The van der Waals surface area contributed by atoms with Gasteiger partial charge in [-0.3, -0.25) is 9.59 Å². The smallest absolute Gasteiger partial charge is 0.310 e. The van der Waals surface area contributed by atoms with Gasteiger partial charge < -0.3 is 10.0 Å². The Kier molecular flexibility index (Phi) is 5.47. The molecule has 0 heterocycles. The van der Waals surface area contributed by atoms with Crippen molar-refractivity contribution < 1.29 is 19.1 Å². The Labute approximate surface area is 124 Å². The fraction of sp³-hybridized carbons (Fsp3) is 0.500. The van der Waals surface area contributed by atoms with Gasteiger partial charge in [-0.1, -0.05) is 26.0 Å². The van der Waals surface area contributed by atoms with Crippen LogP contribution in [0.3, 0.4) is 0 Å². The van der Waals surface area contributed by atoms with Crippen LogP contribution in [0, 0.1) is 17.2 Å². The number of rotatable bonds is 6. The van der Waals surface area contributed by atoms with Gasteiger partial charge in [-0.2, -0.15) is 0 Å². The number of carbonyl (C=O) groups is 2. The number of nitrogens with zero attached hydrogens (tertiary/aromatic N) is 1. The molecule has 21 heavy (non-hydrogen) atoms. The Bertz CT molecular complexity index is 530. The molecule has 1 aromatic carbocycles. The summed E-state index contributed by atoms with van der Waals surface area (Å²) in [5.41, 5.74) is -0.989. The lowest BCUT2D eigenvalue weighted by Crippen LogP contribution is -2.41. The molecular weight excluding hydrogens is 273 g/mol. The van der Waals surface area contributed by atoms with Crippen molar-refractivity contribution in [2.45, 2.75) is 34.1 Å². The molecule has 0 spiro atoms. The van der Waals surface area contributed by atoms with E-state index in [1.54, 1.807) is 39.8 Å². The number of para-hydroxylation sites is 1. The minimum absolute atomic E-state index is 0.165.